The first-order valence-electron chi connectivity index (χ1n) is 11.0. The van der Waals surface area contributed by atoms with Crippen LogP contribution in [-0.2, 0) is 6.54 Å². The van der Waals surface area contributed by atoms with Crippen LogP contribution in [0.1, 0.15) is 56.7 Å². The van der Waals surface area contributed by atoms with Crippen LogP contribution in [0.5, 0.6) is 0 Å². The van der Waals surface area contributed by atoms with Crippen molar-refractivity contribution in [2.24, 2.45) is 0 Å². The van der Waals surface area contributed by atoms with Gasteiger partial charge in [0.2, 0.25) is 5.95 Å². The van der Waals surface area contributed by atoms with Crippen LogP contribution in [0.3, 0.4) is 0 Å². The number of hydrogen-bond acceptors (Lipinski definition) is 8. The summed E-state index contributed by atoms with van der Waals surface area (Å²) in [6.07, 6.45) is 7.61. The molecule has 3 aromatic heterocycles. The topological polar surface area (TPSA) is 124 Å². The first-order valence-corrected chi connectivity index (χ1v) is 11.0. The molecule has 0 saturated carbocycles. The van der Waals surface area contributed by atoms with Crippen molar-refractivity contribution in [3.8, 4) is 0 Å². The Bertz CT molecular complexity index is 1090. The van der Waals surface area contributed by atoms with Crippen molar-refractivity contribution < 1.29 is 0 Å². The maximum Gasteiger partial charge on any atom is 0.280 e. The average Bonchev–Trinajstić information content (AvgIpc) is 2.76. The van der Waals surface area contributed by atoms with Crippen molar-refractivity contribution in [3.63, 3.8) is 0 Å². The van der Waals surface area contributed by atoms with Crippen LogP contribution >= 0.6 is 0 Å². The van der Waals surface area contributed by atoms with E-state index in [1.807, 2.05) is 12.3 Å². The van der Waals surface area contributed by atoms with E-state index in [9.17, 15) is 4.79 Å². The Morgan fingerprint density at radius 1 is 1.26 bits per heavy atom. The summed E-state index contributed by atoms with van der Waals surface area (Å²) in [5.74, 6) is 1.08. The van der Waals surface area contributed by atoms with Crippen molar-refractivity contribution in [2.45, 2.75) is 58.0 Å². The lowest BCUT2D eigenvalue weighted by molar-refractivity contribution is 0.453. The summed E-state index contributed by atoms with van der Waals surface area (Å²) in [5, 5.41) is 11.4. The van der Waals surface area contributed by atoms with E-state index in [1.54, 1.807) is 6.20 Å². The minimum Gasteiger partial charge on any atom is -0.368 e. The fraction of sp³-hybridized carbons (Fsp3) is 0.500. The molecule has 3 aromatic rings. The molecule has 4 rings (SSSR count). The first-order chi connectivity index (χ1) is 15.0. The second-order valence-corrected chi connectivity index (χ2v) is 8.25. The molecular weight excluding hydrogens is 392 g/mol. The standard InChI is InChI=1S/C22H30N8O/c1-3-4-14(2)27-20-19-18(28-22(23)29-20)12-26-30(21(19)31)13-15-5-6-17(25-11-15)16-7-9-24-10-8-16/h5-6,11-12,14,16,24H,3-4,7-10,13H2,1-2H3,(H3,23,27,28,29)/t14-/m1/s1. The van der Waals surface area contributed by atoms with Gasteiger partial charge in [0, 0.05) is 23.9 Å². The summed E-state index contributed by atoms with van der Waals surface area (Å²) in [5.41, 5.74) is 8.09. The number of aromatic nitrogens is 5. The van der Waals surface area contributed by atoms with E-state index in [2.05, 4.69) is 50.6 Å². The number of fused-ring (bicyclic) bond motifs is 1. The summed E-state index contributed by atoms with van der Waals surface area (Å²) in [7, 11) is 0. The minimum atomic E-state index is -0.244. The van der Waals surface area contributed by atoms with Crippen LogP contribution in [0.4, 0.5) is 11.8 Å². The van der Waals surface area contributed by atoms with Crippen LogP contribution in [-0.4, -0.2) is 43.9 Å². The van der Waals surface area contributed by atoms with Crippen molar-refractivity contribution in [1.29, 1.82) is 0 Å². The van der Waals surface area contributed by atoms with Crippen LogP contribution in [0.15, 0.2) is 29.3 Å². The molecule has 0 amide bonds. The molecule has 31 heavy (non-hydrogen) atoms. The lowest BCUT2D eigenvalue weighted by Gasteiger charge is -2.22. The normalized spacial score (nSPS) is 15.8. The SMILES string of the molecule is CCC[C@@H](C)Nc1nc(N)nc2cnn(Cc3ccc(C4CCNCC4)nc3)c(=O)c12. The van der Waals surface area contributed by atoms with Crippen molar-refractivity contribution in [1.82, 2.24) is 30.0 Å². The van der Waals surface area contributed by atoms with Crippen molar-refractivity contribution >= 4 is 22.7 Å². The molecule has 0 radical (unpaired) electrons. The second kappa shape index (κ2) is 9.38. The van der Waals surface area contributed by atoms with Gasteiger partial charge >= 0.3 is 0 Å². The zero-order valence-corrected chi connectivity index (χ0v) is 18.1. The molecule has 1 fully saturated rings. The molecule has 164 valence electrons. The molecule has 4 heterocycles. The summed E-state index contributed by atoms with van der Waals surface area (Å²) in [6.45, 7) is 6.58. The zero-order valence-electron chi connectivity index (χ0n) is 18.1. The van der Waals surface area contributed by atoms with E-state index < -0.39 is 0 Å². The Kier molecular flexibility index (Phi) is 6.41. The highest BCUT2D eigenvalue weighted by Gasteiger charge is 2.17. The third kappa shape index (κ3) is 4.82. The Morgan fingerprint density at radius 2 is 2.06 bits per heavy atom. The highest BCUT2D eigenvalue weighted by Crippen LogP contribution is 2.23. The van der Waals surface area contributed by atoms with Gasteiger partial charge in [0.15, 0.2) is 0 Å². The van der Waals surface area contributed by atoms with E-state index in [0.29, 0.717) is 29.2 Å². The summed E-state index contributed by atoms with van der Waals surface area (Å²) in [6, 6.07) is 4.26. The molecule has 9 nitrogen and oxygen atoms in total. The fourth-order valence-electron chi connectivity index (χ4n) is 4.12. The van der Waals surface area contributed by atoms with Gasteiger partial charge in [-0.1, -0.05) is 19.4 Å². The molecule has 1 atom stereocenters. The predicted molar refractivity (Wildman–Crippen MR) is 122 cm³/mol. The molecule has 0 bridgehead atoms. The Labute approximate surface area is 181 Å². The number of pyridine rings is 1. The summed E-state index contributed by atoms with van der Waals surface area (Å²) < 4.78 is 1.43. The molecule has 9 heteroatoms. The number of anilines is 2. The second-order valence-electron chi connectivity index (χ2n) is 8.25. The van der Waals surface area contributed by atoms with Gasteiger partial charge in [-0.15, -0.1) is 0 Å². The van der Waals surface area contributed by atoms with Gasteiger partial charge in [0.25, 0.3) is 5.56 Å². The number of nitrogens with zero attached hydrogens (tertiary/aromatic N) is 5. The summed E-state index contributed by atoms with van der Waals surface area (Å²) in [4.78, 5) is 26.4. The van der Waals surface area contributed by atoms with Gasteiger partial charge in [0.1, 0.15) is 16.7 Å². The van der Waals surface area contributed by atoms with E-state index >= 15 is 0 Å². The predicted octanol–water partition coefficient (Wildman–Crippen LogP) is 2.28. The lowest BCUT2D eigenvalue weighted by atomic mass is 9.94. The molecule has 4 N–H and O–H groups in total. The summed E-state index contributed by atoms with van der Waals surface area (Å²) >= 11 is 0. The highest BCUT2D eigenvalue weighted by molar-refractivity contribution is 5.88. The Morgan fingerprint density at radius 3 is 2.77 bits per heavy atom. The quantitative estimate of drug-likeness (QED) is 0.530. The third-order valence-electron chi connectivity index (χ3n) is 5.76. The third-order valence-corrected chi connectivity index (χ3v) is 5.76. The largest absolute Gasteiger partial charge is 0.368 e. The highest BCUT2D eigenvalue weighted by atomic mass is 16.1. The van der Waals surface area contributed by atoms with E-state index in [0.717, 1.165) is 50.0 Å². The minimum absolute atomic E-state index is 0.121. The smallest absolute Gasteiger partial charge is 0.280 e. The molecular formula is C22H30N8O. The number of nitrogens with two attached hydrogens (primary N) is 1. The molecule has 0 aromatic carbocycles. The number of hydrogen-bond donors (Lipinski definition) is 3. The molecule has 1 saturated heterocycles. The molecule has 1 aliphatic heterocycles. The van der Waals surface area contributed by atoms with Crippen LogP contribution in [0.25, 0.3) is 10.9 Å². The lowest BCUT2D eigenvalue weighted by Crippen LogP contribution is -2.27. The molecule has 0 spiro atoms. The number of nitrogens with one attached hydrogen (secondary N) is 2. The van der Waals surface area contributed by atoms with Crippen LogP contribution < -0.4 is 21.9 Å². The van der Waals surface area contributed by atoms with Gasteiger partial charge in [-0.05, 0) is 50.9 Å². The number of nitrogen functional groups attached to an aromatic ring is 1. The van der Waals surface area contributed by atoms with Gasteiger partial charge in [-0.25, -0.2) is 9.67 Å². The fourth-order valence-corrected chi connectivity index (χ4v) is 4.12. The van der Waals surface area contributed by atoms with E-state index in [-0.39, 0.29) is 17.5 Å². The first kappa shape index (κ1) is 21.2. The maximum atomic E-state index is 13.2. The zero-order chi connectivity index (χ0) is 21.8. The Balaban J connectivity index is 1.61. The average molecular weight is 423 g/mol. The number of rotatable bonds is 7. The van der Waals surface area contributed by atoms with Crippen molar-refractivity contribution in [3.05, 3.63) is 46.1 Å². The Hall–Kier alpha value is -3.07. The van der Waals surface area contributed by atoms with Gasteiger partial charge in [0.05, 0.1) is 12.7 Å². The maximum absolute atomic E-state index is 13.2. The van der Waals surface area contributed by atoms with E-state index in [4.69, 9.17) is 5.73 Å². The van der Waals surface area contributed by atoms with Crippen LogP contribution in [0, 0.1) is 0 Å². The van der Waals surface area contributed by atoms with Gasteiger partial charge < -0.3 is 16.4 Å². The molecule has 0 aliphatic carbocycles. The molecule has 1 aliphatic rings. The monoisotopic (exact) mass is 422 g/mol. The number of piperidine rings is 1. The van der Waals surface area contributed by atoms with Gasteiger partial charge in [-0.2, -0.15) is 10.1 Å². The van der Waals surface area contributed by atoms with Crippen LogP contribution in [0.2, 0.25) is 0 Å². The van der Waals surface area contributed by atoms with Gasteiger partial charge in [-0.3, -0.25) is 9.78 Å². The molecule has 0 unspecified atom stereocenters. The van der Waals surface area contributed by atoms with E-state index in [1.165, 1.54) is 4.68 Å². The van der Waals surface area contributed by atoms with Crippen molar-refractivity contribution in [2.75, 3.05) is 24.1 Å².